The molecule has 33 heavy (non-hydrogen) atoms. The molecule has 3 N–H and O–H groups in total. The lowest BCUT2D eigenvalue weighted by Crippen LogP contribution is -2.44. The van der Waals surface area contributed by atoms with E-state index in [9.17, 15) is 18.7 Å². The van der Waals surface area contributed by atoms with Crippen LogP contribution in [-0.4, -0.2) is 59.1 Å². The highest BCUT2D eigenvalue weighted by Gasteiger charge is 2.53. The fourth-order valence-corrected chi connectivity index (χ4v) is 4.47. The van der Waals surface area contributed by atoms with Crippen LogP contribution in [0.1, 0.15) is 31.9 Å². The number of amides is 1. The van der Waals surface area contributed by atoms with Gasteiger partial charge < -0.3 is 25.2 Å². The molecule has 1 amide bonds. The molecule has 9 heteroatoms. The Labute approximate surface area is 190 Å². The summed E-state index contributed by atoms with van der Waals surface area (Å²) >= 11 is 0. The third-order valence-corrected chi connectivity index (χ3v) is 6.44. The topological polar surface area (TPSA) is 94.9 Å². The number of rotatable bonds is 6. The molecule has 0 saturated carbocycles. The molecule has 0 saturated heterocycles. The Bertz CT molecular complexity index is 1120. The van der Waals surface area contributed by atoms with Crippen LogP contribution in [0.4, 0.5) is 20.3 Å². The maximum Gasteiger partial charge on any atom is 0.237 e. The van der Waals surface area contributed by atoms with E-state index < -0.39 is 40.8 Å². The zero-order valence-corrected chi connectivity index (χ0v) is 18.9. The minimum Gasteiger partial charge on any atom is -0.394 e. The van der Waals surface area contributed by atoms with Gasteiger partial charge in [-0.25, -0.2) is 13.8 Å². The predicted octanol–water partition coefficient (Wildman–Crippen LogP) is 2.62. The summed E-state index contributed by atoms with van der Waals surface area (Å²) in [5.41, 5.74) is 0.185. The van der Waals surface area contributed by atoms with E-state index in [-0.39, 0.29) is 18.8 Å². The average molecular weight is 459 g/mol. The van der Waals surface area contributed by atoms with Crippen molar-refractivity contribution in [1.29, 1.82) is 0 Å². The van der Waals surface area contributed by atoms with Crippen molar-refractivity contribution in [3.63, 3.8) is 0 Å². The van der Waals surface area contributed by atoms with Gasteiger partial charge in [0.1, 0.15) is 11.2 Å². The van der Waals surface area contributed by atoms with Crippen molar-refractivity contribution in [2.24, 2.45) is 0 Å². The van der Waals surface area contributed by atoms with E-state index in [0.717, 1.165) is 23.3 Å². The first kappa shape index (κ1) is 23.3. The van der Waals surface area contributed by atoms with Gasteiger partial charge in [-0.1, -0.05) is 0 Å². The molecule has 3 atom stereocenters. The minimum atomic E-state index is -1.24. The number of aromatic nitrogens is 1. The molecular weight excluding hydrogens is 432 g/mol. The van der Waals surface area contributed by atoms with Crippen LogP contribution in [0.3, 0.4) is 0 Å². The SMILES string of the molecule is CN(CC(O)CO)c1ccc(C2=CC(C3(C)C(=O)Nc4cc(F)c(F)cc43)OC2(C)C)cn1. The zero-order valence-electron chi connectivity index (χ0n) is 18.9. The van der Waals surface area contributed by atoms with Crippen LogP contribution < -0.4 is 10.2 Å². The third kappa shape index (κ3) is 3.90. The summed E-state index contributed by atoms with van der Waals surface area (Å²) < 4.78 is 34.0. The first-order valence-electron chi connectivity index (χ1n) is 10.6. The maximum atomic E-state index is 14.0. The molecule has 0 spiro atoms. The molecule has 3 heterocycles. The van der Waals surface area contributed by atoms with Crippen molar-refractivity contribution in [1.82, 2.24) is 4.98 Å². The number of fused-ring (bicyclic) bond motifs is 1. The van der Waals surface area contributed by atoms with Crippen LogP contribution in [0.5, 0.6) is 0 Å². The van der Waals surface area contributed by atoms with E-state index in [0.29, 0.717) is 11.4 Å². The van der Waals surface area contributed by atoms with Gasteiger partial charge in [0.05, 0.1) is 24.4 Å². The van der Waals surface area contributed by atoms with Crippen molar-refractivity contribution < 1.29 is 28.5 Å². The maximum absolute atomic E-state index is 14.0. The van der Waals surface area contributed by atoms with Crippen molar-refractivity contribution >= 4 is 23.0 Å². The number of hydrogen-bond acceptors (Lipinski definition) is 6. The van der Waals surface area contributed by atoms with E-state index in [2.05, 4.69) is 10.3 Å². The molecule has 2 aliphatic rings. The number of carbonyl (C=O) groups is 1. The van der Waals surface area contributed by atoms with Crippen molar-refractivity contribution in [3.8, 4) is 0 Å². The number of carbonyl (C=O) groups excluding carboxylic acids is 1. The standard InChI is InChI=1S/C24H27F2N3O4/c1-23(2)15(13-5-6-21(27-10-13)29(4)11-14(31)12-30)8-20(33-23)24(3)16-7-17(25)18(26)9-19(16)28-22(24)32/h5-10,14,20,30-31H,11-12H2,1-4H3,(H,28,32). The van der Waals surface area contributed by atoms with Crippen LogP contribution in [0.2, 0.25) is 0 Å². The number of pyridine rings is 1. The van der Waals surface area contributed by atoms with E-state index in [4.69, 9.17) is 9.84 Å². The van der Waals surface area contributed by atoms with Crippen LogP contribution in [0, 0.1) is 11.6 Å². The fraction of sp³-hybridized carbons (Fsp3) is 0.417. The molecule has 1 aromatic carbocycles. The highest BCUT2D eigenvalue weighted by molar-refractivity contribution is 6.07. The number of aliphatic hydroxyl groups excluding tert-OH is 2. The summed E-state index contributed by atoms with van der Waals surface area (Å²) in [7, 11) is 1.76. The van der Waals surface area contributed by atoms with Gasteiger partial charge in [0.15, 0.2) is 11.6 Å². The van der Waals surface area contributed by atoms with Crippen molar-refractivity contribution in [2.45, 2.75) is 44.0 Å². The molecule has 7 nitrogen and oxygen atoms in total. The van der Waals surface area contributed by atoms with Crippen LogP contribution in [0.25, 0.3) is 5.57 Å². The Morgan fingerprint density at radius 1 is 1.24 bits per heavy atom. The predicted molar refractivity (Wildman–Crippen MR) is 120 cm³/mol. The van der Waals surface area contributed by atoms with Crippen LogP contribution in [0.15, 0.2) is 36.5 Å². The molecular formula is C24H27F2N3O4. The molecule has 0 aliphatic carbocycles. The van der Waals surface area contributed by atoms with Gasteiger partial charge in [-0.05, 0) is 61.7 Å². The Hall–Kier alpha value is -2.88. The van der Waals surface area contributed by atoms with E-state index >= 15 is 0 Å². The van der Waals surface area contributed by atoms with Gasteiger partial charge in [-0.15, -0.1) is 0 Å². The lowest BCUT2D eigenvalue weighted by Gasteiger charge is -2.31. The second kappa shape index (κ2) is 8.16. The van der Waals surface area contributed by atoms with Crippen LogP contribution >= 0.6 is 0 Å². The third-order valence-electron chi connectivity index (χ3n) is 6.44. The number of halogens is 2. The normalized spacial score (nSPS) is 24.3. The molecule has 3 unspecified atom stereocenters. The van der Waals surface area contributed by atoms with Crippen molar-refractivity contribution in [2.75, 3.05) is 30.4 Å². The summed E-state index contributed by atoms with van der Waals surface area (Å²) in [6, 6.07) is 5.70. The van der Waals surface area contributed by atoms with Crippen LogP contribution in [-0.2, 0) is 14.9 Å². The molecule has 0 bridgehead atoms. The molecule has 176 valence electrons. The summed E-state index contributed by atoms with van der Waals surface area (Å²) in [5, 5.41) is 21.3. The Kier molecular flexibility index (Phi) is 5.76. The molecule has 4 rings (SSSR count). The molecule has 0 fully saturated rings. The highest BCUT2D eigenvalue weighted by Crippen LogP contribution is 2.48. The van der Waals surface area contributed by atoms with Gasteiger partial charge in [0, 0.05) is 31.5 Å². The molecule has 2 aromatic rings. The number of nitrogens with zero attached hydrogens (tertiary/aromatic N) is 2. The number of benzene rings is 1. The van der Waals surface area contributed by atoms with Gasteiger partial charge in [-0.3, -0.25) is 4.79 Å². The monoisotopic (exact) mass is 459 g/mol. The smallest absolute Gasteiger partial charge is 0.237 e. The fourth-order valence-electron chi connectivity index (χ4n) is 4.47. The second-order valence-electron chi connectivity index (χ2n) is 9.22. The second-order valence-corrected chi connectivity index (χ2v) is 9.22. The minimum absolute atomic E-state index is 0.228. The van der Waals surface area contributed by atoms with E-state index in [1.165, 1.54) is 0 Å². The highest BCUT2D eigenvalue weighted by atomic mass is 19.2. The number of ether oxygens (including phenoxy) is 1. The lowest BCUT2D eigenvalue weighted by atomic mass is 9.78. The average Bonchev–Trinajstić information content (AvgIpc) is 3.22. The summed E-state index contributed by atoms with van der Waals surface area (Å²) in [6.45, 7) is 5.30. The molecule has 2 aliphatic heterocycles. The first-order valence-corrected chi connectivity index (χ1v) is 10.6. The van der Waals surface area contributed by atoms with Gasteiger partial charge in [0.25, 0.3) is 0 Å². The van der Waals surface area contributed by atoms with Gasteiger partial charge in [0.2, 0.25) is 5.91 Å². The van der Waals surface area contributed by atoms with E-state index in [1.54, 1.807) is 31.1 Å². The first-order chi connectivity index (χ1) is 15.5. The number of hydrogen-bond donors (Lipinski definition) is 3. The summed E-state index contributed by atoms with van der Waals surface area (Å²) in [5.74, 6) is -1.81. The molecule has 1 aromatic heterocycles. The summed E-state index contributed by atoms with van der Waals surface area (Å²) in [4.78, 5) is 19.1. The molecule has 0 radical (unpaired) electrons. The van der Waals surface area contributed by atoms with Gasteiger partial charge in [-0.2, -0.15) is 0 Å². The number of nitrogens with one attached hydrogen (secondary N) is 1. The number of aliphatic hydroxyl groups is 2. The van der Waals surface area contributed by atoms with Crippen molar-refractivity contribution in [3.05, 3.63) is 59.3 Å². The van der Waals surface area contributed by atoms with E-state index in [1.807, 2.05) is 26.0 Å². The number of anilines is 2. The largest absolute Gasteiger partial charge is 0.394 e. The Morgan fingerprint density at radius 2 is 1.94 bits per heavy atom. The lowest BCUT2D eigenvalue weighted by molar-refractivity contribution is -0.126. The zero-order chi connectivity index (χ0) is 24.1. The summed E-state index contributed by atoms with van der Waals surface area (Å²) in [6.07, 6.45) is 1.93. The van der Waals surface area contributed by atoms with Gasteiger partial charge >= 0.3 is 0 Å². The quantitative estimate of drug-likeness (QED) is 0.615. The Morgan fingerprint density at radius 3 is 2.58 bits per heavy atom. The Balaban J connectivity index is 1.66. The number of likely N-dealkylation sites (N-methyl/N-ethyl adjacent to an activating group) is 1.